The van der Waals surface area contributed by atoms with Gasteiger partial charge < -0.3 is 15.2 Å². The number of carboxylic acids is 1. The van der Waals surface area contributed by atoms with E-state index in [2.05, 4.69) is 10.4 Å². The van der Waals surface area contributed by atoms with Gasteiger partial charge in [-0.15, -0.1) is 0 Å². The van der Waals surface area contributed by atoms with Crippen LogP contribution in [-0.2, 0) is 30.9 Å². The number of rotatable bonds is 5. The molecule has 23 heavy (non-hydrogen) atoms. The molecule has 1 aliphatic rings. The standard InChI is InChI=1S/C16H17N3O4/c20-15(21)14-12(18-19-8-4-7-13(14)19)9-17-16(22)23-10-11-5-2-1-3-6-11/h1-3,5-6H,4,7-10H2,(H,17,22)(H,20,21). The zero-order chi connectivity index (χ0) is 16.2. The number of carbonyl (C=O) groups is 2. The van der Waals surface area contributed by atoms with Crippen LogP contribution >= 0.6 is 0 Å². The lowest BCUT2D eigenvalue weighted by Gasteiger charge is -2.06. The van der Waals surface area contributed by atoms with Gasteiger partial charge in [0.2, 0.25) is 0 Å². The van der Waals surface area contributed by atoms with Crippen LogP contribution in [-0.4, -0.2) is 26.9 Å². The molecule has 3 rings (SSSR count). The normalized spacial score (nSPS) is 12.7. The van der Waals surface area contributed by atoms with Gasteiger partial charge in [-0.3, -0.25) is 4.68 Å². The molecular weight excluding hydrogens is 298 g/mol. The molecule has 7 nitrogen and oxygen atoms in total. The molecule has 0 spiro atoms. The first kappa shape index (κ1) is 15.1. The summed E-state index contributed by atoms with van der Waals surface area (Å²) in [4.78, 5) is 23.1. The molecule has 7 heteroatoms. The van der Waals surface area contributed by atoms with Crippen LogP contribution < -0.4 is 5.32 Å². The second kappa shape index (κ2) is 6.51. The molecule has 1 aromatic carbocycles. The monoisotopic (exact) mass is 315 g/mol. The van der Waals surface area contributed by atoms with Crippen molar-refractivity contribution in [2.75, 3.05) is 0 Å². The fraction of sp³-hybridized carbons (Fsp3) is 0.312. The Morgan fingerprint density at radius 3 is 2.83 bits per heavy atom. The van der Waals surface area contributed by atoms with Crippen LogP contribution in [0.25, 0.3) is 0 Å². The summed E-state index contributed by atoms with van der Waals surface area (Å²) in [5, 5.41) is 16.2. The van der Waals surface area contributed by atoms with Crippen LogP contribution in [0.4, 0.5) is 4.79 Å². The van der Waals surface area contributed by atoms with Gasteiger partial charge in [0.1, 0.15) is 12.2 Å². The number of fused-ring (bicyclic) bond motifs is 1. The Balaban J connectivity index is 1.58. The summed E-state index contributed by atoms with van der Waals surface area (Å²) >= 11 is 0. The SMILES string of the molecule is O=C(NCc1nn2c(c1C(=O)O)CCC2)OCc1ccccc1. The summed E-state index contributed by atoms with van der Waals surface area (Å²) in [7, 11) is 0. The average Bonchev–Trinajstić information content (AvgIpc) is 3.11. The Hall–Kier alpha value is -2.83. The number of aromatic carboxylic acids is 1. The predicted molar refractivity (Wildman–Crippen MR) is 81.0 cm³/mol. The van der Waals surface area contributed by atoms with Crippen LogP contribution in [0.1, 0.15) is 33.7 Å². The number of aromatic nitrogens is 2. The van der Waals surface area contributed by atoms with E-state index in [0.717, 1.165) is 17.7 Å². The number of nitrogens with one attached hydrogen (secondary N) is 1. The number of carbonyl (C=O) groups excluding carboxylic acids is 1. The number of hydrogen-bond donors (Lipinski definition) is 2. The van der Waals surface area contributed by atoms with Crippen molar-refractivity contribution in [3.05, 3.63) is 52.8 Å². The van der Waals surface area contributed by atoms with Gasteiger partial charge in [-0.25, -0.2) is 9.59 Å². The maximum Gasteiger partial charge on any atom is 0.407 e. The van der Waals surface area contributed by atoms with E-state index in [1.807, 2.05) is 30.3 Å². The third kappa shape index (κ3) is 3.33. The Kier molecular flexibility index (Phi) is 4.27. The fourth-order valence-electron chi connectivity index (χ4n) is 2.69. The summed E-state index contributed by atoms with van der Waals surface area (Å²) in [6.45, 7) is 0.918. The van der Waals surface area contributed by atoms with Gasteiger partial charge in [-0.2, -0.15) is 5.10 Å². The van der Waals surface area contributed by atoms with Crippen molar-refractivity contribution in [1.82, 2.24) is 15.1 Å². The highest BCUT2D eigenvalue weighted by Gasteiger charge is 2.26. The Morgan fingerprint density at radius 2 is 2.09 bits per heavy atom. The molecular formula is C16H17N3O4. The minimum Gasteiger partial charge on any atom is -0.478 e. The maximum absolute atomic E-state index is 11.7. The molecule has 2 heterocycles. The topological polar surface area (TPSA) is 93.5 Å². The van der Waals surface area contributed by atoms with Crippen LogP contribution in [0.15, 0.2) is 30.3 Å². The molecule has 1 amide bonds. The van der Waals surface area contributed by atoms with Crippen molar-refractivity contribution in [2.24, 2.45) is 0 Å². The summed E-state index contributed by atoms with van der Waals surface area (Å²) in [5.41, 5.74) is 2.18. The fourth-order valence-corrected chi connectivity index (χ4v) is 2.69. The highest BCUT2D eigenvalue weighted by atomic mass is 16.5. The Morgan fingerprint density at radius 1 is 1.30 bits per heavy atom. The molecule has 0 radical (unpaired) electrons. The minimum absolute atomic E-state index is 0.0370. The number of nitrogens with zero attached hydrogens (tertiary/aromatic N) is 2. The largest absolute Gasteiger partial charge is 0.478 e. The third-order valence-electron chi connectivity index (χ3n) is 3.74. The molecule has 0 saturated heterocycles. The molecule has 2 aromatic rings. The second-order valence-corrected chi connectivity index (χ2v) is 5.32. The number of hydrogen-bond acceptors (Lipinski definition) is 4. The van der Waals surface area contributed by atoms with E-state index in [0.29, 0.717) is 18.7 Å². The van der Waals surface area contributed by atoms with Crippen LogP contribution in [0, 0.1) is 0 Å². The molecule has 2 N–H and O–H groups in total. The van der Waals surface area contributed by atoms with Gasteiger partial charge in [0.05, 0.1) is 17.9 Å². The summed E-state index contributed by atoms with van der Waals surface area (Å²) in [6.07, 6.45) is 1.00. The van der Waals surface area contributed by atoms with E-state index < -0.39 is 12.1 Å². The van der Waals surface area contributed by atoms with E-state index in [9.17, 15) is 14.7 Å². The number of ether oxygens (including phenoxy) is 1. The van der Waals surface area contributed by atoms with Crippen molar-refractivity contribution in [2.45, 2.75) is 32.5 Å². The van der Waals surface area contributed by atoms with E-state index in [4.69, 9.17) is 4.74 Å². The molecule has 120 valence electrons. The lowest BCUT2D eigenvalue weighted by molar-refractivity contribution is 0.0694. The lowest BCUT2D eigenvalue weighted by Crippen LogP contribution is -2.25. The van der Waals surface area contributed by atoms with E-state index in [1.54, 1.807) is 4.68 Å². The number of benzene rings is 1. The molecule has 0 atom stereocenters. The molecule has 0 saturated carbocycles. The lowest BCUT2D eigenvalue weighted by atomic mass is 10.1. The van der Waals surface area contributed by atoms with Gasteiger partial charge in [0, 0.05) is 6.54 Å². The smallest absolute Gasteiger partial charge is 0.407 e. The average molecular weight is 315 g/mol. The first-order valence-electron chi connectivity index (χ1n) is 7.41. The summed E-state index contributed by atoms with van der Waals surface area (Å²) in [5.74, 6) is -1.01. The van der Waals surface area contributed by atoms with E-state index in [1.165, 1.54) is 0 Å². The Labute approximate surface area is 132 Å². The molecule has 1 aliphatic heterocycles. The van der Waals surface area contributed by atoms with E-state index >= 15 is 0 Å². The van der Waals surface area contributed by atoms with Crippen LogP contribution in [0.2, 0.25) is 0 Å². The summed E-state index contributed by atoms with van der Waals surface area (Å²) < 4.78 is 6.80. The zero-order valence-corrected chi connectivity index (χ0v) is 12.5. The molecule has 0 unspecified atom stereocenters. The third-order valence-corrected chi connectivity index (χ3v) is 3.74. The maximum atomic E-state index is 11.7. The zero-order valence-electron chi connectivity index (χ0n) is 12.5. The Bertz CT molecular complexity index is 724. The summed E-state index contributed by atoms with van der Waals surface area (Å²) in [6, 6.07) is 9.32. The number of alkyl carbamates (subject to hydrolysis) is 1. The quantitative estimate of drug-likeness (QED) is 0.879. The highest BCUT2D eigenvalue weighted by Crippen LogP contribution is 2.22. The predicted octanol–water partition coefficient (Wildman–Crippen LogP) is 1.95. The minimum atomic E-state index is -1.01. The highest BCUT2D eigenvalue weighted by molar-refractivity contribution is 5.90. The van der Waals surface area contributed by atoms with Gasteiger partial charge in [0.25, 0.3) is 0 Å². The molecule has 1 aromatic heterocycles. The van der Waals surface area contributed by atoms with Crippen LogP contribution in [0.3, 0.4) is 0 Å². The van der Waals surface area contributed by atoms with Crippen molar-refractivity contribution in [3.8, 4) is 0 Å². The van der Waals surface area contributed by atoms with Crippen LogP contribution in [0.5, 0.6) is 0 Å². The van der Waals surface area contributed by atoms with Gasteiger partial charge in [-0.1, -0.05) is 30.3 Å². The van der Waals surface area contributed by atoms with Crippen molar-refractivity contribution in [1.29, 1.82) is 0 Å². The second-order valence-electron chi connectivity index (χ2n) is 5.32. The molecule has 0 bridgehead atoms. The van der Waals surface area contributed by atoms with Gasteiger partial charge in [0.15, 0.2) is 0 Å². The van der Waals surface area contributed by atoms with Crippen molar-refractivity contribution >= 4 is 12.1 Å². The number of carboxylic acid groups (broad SMARTS) is 1. The van der Waals surface area contributed by atoms with Crippen molar-refractivity contribution in [3.63, 3.8) is 0 Å². The number of aryl methyl sites for hydroxylation is 1. The number of amides is 1. The van der Waals surface area contributed by atoms with Gasteiger partial charge in [-0.05, 0) is 18.4 Å². The molecule has 0 aliphatic carbocycles. The van der Waals surface area contributed by atoms with Gasteiger partial charge >= 0.3 is 12.1 Å². The van der Waals surface area contributed by atoms with Crippen molar-refractivity contribution < 1.29 is 19.4 Å². The molecule has 0 fully saturated rings. The van der Waals surface area contributed by atoms with E-state index in [-0.39, 0.29) is 18.7 Å². The first-order valence-corrected chi connectivity index (χ1v) is 7.41. The first-order chi connectivity index (χ1) is 11.1.